The maximum absolute atomic E-state index is 13.4. The van der Waals surface area contributed by atoms with E-state index in [0.29, 0.717) is 12.8 Å². The smallest absolute Gasteiger partial charge is 0.253 e. The largest absolute Gasteiger partial charge is 0.340 e. The highest BCUT2D eigenvalue weighted by molar-refractivity contribution is 6.34. The van der Waals surface area contributed by atoms with Crippen LogP contribution in [0.3, 0.4) is 0 Å². The van der Waals surface area contributed by atoms with Crippen LogP contribution in [0.5, 0.6) is 0 Å². The monoisotopic (exact) mass is 296 g/mol. The van der Waals surface area contributed by atoms with Crippen LogP contribution < -0.4 is 10.2 Å². The molecule has 20 heavy (non-hydrogen) atoms. The molecule has 1 saturated heterocycles. The van der Waals surface area contributed by atoms with E-state index in [4.69, 9.17) is 11.6 Å². The molecule has 1 heterocycles. The summed E-state index contributed by atoms with van der Waals surface area (Å²) in [5, 5.41) is 3.07. The van der Waals surface area contributed by atoms with Crippen LogP contribution in [-0.2, 0) is 9.59 Å². The number of nitrogens with one attached hydrogen (secondary N) is 1. The van der Waals surface area contributed by atoms with Gasteiger partial charge in [0.15, 0.2) is 0 Å². The Kier molecular flexibility index (Phi) is 3.17. The third-order valence-corrected chi connectivity index (χ3v) is 4.31. The van der Waals surface area contributed by atoms with Crippen molar-refractivity contribution in [1.29, 1.82) is 0 Å². The van der Waals surface area contributed by atoms with Gasteiger partial charge in [-0.15, -0.1) is 0 Å². The highest BCUT2D eigenvalue weighted by atomic mass is 35.5. The molecule has 0 atom stereocenters. The molecule has 1 aromatic carbocycles. The first kappa shape index (κ1) is 13.4. The van der Waals surface area contributed by atoms with Gasteiger partial charge in [0.05, 0.1) is 10.7 Å². The van der Waals surface area contributed by atoms with Crippen molar-refractivity contribution in [3.05, 3.63) is 29.0 Å². The van der Waals surface area contributed by atoms with E-state index in [9.17, 15) is 14.0 Å². The van der Waals surface area contributed by atoms with Crippen LogP contribution in [0.4, 0.5) is 10.1 Å². The van der Waals surface area contributed by atoms with Crippen molar-refractivity contribution in [3.63, 3.8) is 0 Å². The van der Waals surface area contributed by atoms with Gasteiger partial charge in [0.2, 0.25) is 5.91 Å². The normalized spacial score (nSPS) is 21.4. The molecule has 3 rings (SSSR count). The molecule has 4 nitrogen and oxygen atoms in total. The Balaban J connectivity index is 2.02. The Morgan fingerprint density at radius 1 is 1.25 bits per heavy atom. The van der Waals surface area contributed by atoms with Crippen LogP contribution in [0, 0.1) is 5.82 Å². The summed E-state index contributed by atoms with van der Waals surface area (Å²) in [7, 11) is 0. The molecule has 6 heteroatoms. The zero-order valence-corrected chi connectivity index (χ0v) is 11.5. The summed E-state index contributed by atoms with van der Waals surface area (Å²) in [6.07, 6.45) is 3.05. The predicted molar refractivity (Wildman–Crippen MR) is 73.1 cm³/mol. The van der Waals surface area contributed by atoms with E-state index in [1.165, 1.54) is 23.1 Å². The van der Waals surface area contributed by atoms with Gasteiger partial charge in [-0.1, -0.05) is 24.4 Å². The molecule has 0 bridgehead atoms. The fourth-order valence-electron chi connectivity index (χ4n) is 3.04. The molecule has 106 valence electrons. The summed E-state index contributed by atoms with van der Waals surface area (Å²) >= 11 is 6.05. The molecule has 1 spiro atoms. The molecule has 1 aliphatic carbocycles. The minimum absolute atomic E-state index is 0.121. The minimum Gasteiger partial charge on any atom is -0.340 e. The number of rotatable bonds is 1. The number of carbonyl (C=O) groups excluding carboxylic acids is 2. The zero-order valence-electron chi connectivity index (χ0n) is 10.8. The lowest BCUT2D eigenvalue weighted by atomic mass is 9.92. The van der Waals surface area contributed by atoms with Crippen molar-refractivity contribution in [2.45, 2.75) is 31.2 Å². The van der Waals surface area contributed by atoms with E-state index in [-0.39, 0.29) is 29.1 Å². The van der Waals surface area contributed by atoms with Gasteiger partial charge in [0.1, 0.15) is 17.9 Å². The van der Waals surface area contributed by atoms with Crippen LogP contribution >= 0.6 is 11.6 Å². The van der Waals surface area contributed by atoms with Crippen molar-refractivity contribution in [3.8, 4) is 0 Å². The van der Waals surface area contributed by atoms with Crippen LogP contribution in [0.2, 0.25) is 5.02 Å². The lowest BCUT2D eigenvalue weighted by Crippen LogP contribution is -2.65. The van der Waals surface area contributed by atoms with Gasteiger partial charge in [-0.2, -0.15) is 0 Å². The van der Waals surface area contributed by atoms with E-state index in [2.05, 4.69) is 5.32 Å². The molecule has 0 radical (unpaired) electrons. The van der Waals surface area contributed by atoms with Gasteiger partial charge in [0.25, 0.3) is 5.91 Å². The van der Waals surface area contributed by atoms with E-state index in [1.807, 2.05) is 0 Å². The highest BCUT2D eigenvalue weighted by Crippen LogP contribution is 2.37. The SMILES string of the molecule is O=C1CN(c2cc(F)ccc2Cl)C(=O)C2(CCCC2)N1. The second-order valence-electron chi connectivity index (χ2n) is 5.32. The minimum atomic E-state index is -0.828. The van der Waals surface area contributed by atoms with Crippen LogP contribution in [0.25, 0.3) is 0 Å². The third kappa shape index (κ3) is 2.06. The van der Waals surface area contributed by atoms with Crippen LogP contribution in [-0.4, -0.2) is 23.9 Å². The van der Waals surface area contributed by atoms with Gasteiger partial charge in [-0.25, -0.2) is 4.39 Å². The fourth-order valence-corrected chi connectivity index (χ4v) is 3.26. The van der Waals surface area contributed by atoms with Crippen molar-refractivity contribution in [2.75, 3.05) is 11.4 Å². The van der Waals surface area contributed by atoms with Crippen molar-refractivity contribution < 1.29 is 14.0 Å². The first-order chi connectivity index (χ1) is 9.52. The lowest BCUT2D eigenvalue weighted by Gasteiger charge is -2.39. The number of nitrogens with zero attached hydrogens (tertiary/aromatic N) is 1. The van der Waals surface area contributed by atoms with Crippen molar-refractivity contribution in [2.24, 2.45) is 0 Å². The van der Waals surface area contributed by atoms with E-state index in [0.717, 1.165) is 12.8 Å². The Hall–Kier alpha value is -1.62. The summed E-state index contributed by atoms with van der Waals surface area (Å²) in [6.45, 7) is -0.121. The van der Waals surface area contributed by atoms with Crippen LogP contribution in [0.15, 0.2) is 18.2 Å². The summed E-state index contributed by atoms with van der Waals surface area (Å²) in [6, 6.07) is 3.82. The molecule has 1 aromatic rings. The average Bonchev–Trinajstić information content (AvgIpc) is 2.86. The summed E-state index contributed by atoms with van der Waals surface area (Å²) < 4.78 is 13.4. The van der Waals surface area contributed by atoms with E-state index in [1.54, 1.807) is 0 Å². The molecule has 2 aliphatic rings. The standard InChI is InChI=1S/C14H14ClFN2O2/c15-10-4-3-9(16)7-11(10)18-8-12(19)17-14(13(18)20)5-1-2-6-14/h3-4,7H,1-2,5-6,8H2,(H,17,19). The predicted octanol–water partition coefficient (Wildman–Crippen LogP) is 2.25. The van der Waals surface area contributed by atoms with Gasteiger partial charge < -0.3 is 5.32 Å². The number of amides is 2. The molecular formula is C14H14ClFN2O2. The van der Waals surface area contributed by atoms with E-state index < -0.39 is 11.4 Å². The van der Waals surface area contributed by atoms with Crippen molar-refractivity contribution >= 4 is 29.1 Å². The highest BCUT2D eigenvalue weighted by Gasteiger charge is 2.48. The van der Waals surface area contributed by atoms with Crippen molar-refractivity contribution in [1.82, 2.24) is 5.32 Å². The third-order valence-electron chi connectivity index (χ3n) is 3.99. The van der Waals surface area contributed by atoms with Gasteiger partial charge in [-0.3, -0.25) is 14.5 Å². The zero-order chi connectivity index (χ0) is 14.3. The number of hydrogen-bond donors (Lipinski definition) is 1. The maximum atomic E-state index is 13.4. The fraction of sp³-hybridized carbons (Fsp3) is 0.429. The maximum Gasteiger partial charge on any atom is 0.253 e. The average molecular weight is 297 g/mol. The van der Waals surface area contributed by atoms with E-state index >= 15 is 0 Å². The number of piperazine rings is 1. The molecule has 2 amide bonds. The summed E-state index contributed by atoms with van der Waals surface area (Å²) in [5.41, 5.74) is -0.567. The van der Waals surface area contributed by atoms with Gasteiger partial charge in [-0.05, 0) is 31.0 Å². The topological polar surface area (TPSA) is 49.4 Å². The molecule has 1 aliphatic heterocycles. The second kappa shape index (κ2) is 4.74. The first-order valence-corrected chi connectivity index (χ1v) is 6.98. The molecular weight excluding hydrogens is 283 g/mol. The van der Waals surface area contributed by atoms with Crippen LogP contribution in [0.1, 0.15) is 25.7 Å². The molecule has 1 saturated carbocycles. The second-order valence-corrected chi connectivity index (χ2v) is 5.73. The number of anilines is 1. The Labute approximate surface area is 120 Å². The molecule has 2 fully saturated rings. The van der Waals surface area contributed by atoms with Gasteiger partial charge in [0, 0.05) is 0 Å². The summed E-state index contributed by atoms with van der Waals surface area (Å²) in [5.74, 6) is -0.905. The first-order valence-electron chi connectivity index (χ1n) is 6.60. The van der Waals surface area contributed by atoms with Gasteiger partial charge >= 0.3 is 0 Å². The Bertz CT molecular complexity index is 585. The Morgan fingerprint density at radius 3 is 2.65 bits per heavy atom. The quantitative estimate of drug-likeness (QED) is 0.864. The molecule has 1 N–H and O–H groups in total. The molecule has 0 unspecified atom stereocenters. The number of carbonyl (C=O) groups is 2. The number of halogens is 2. The number of benzene rings is 1. The molecule has 0 aromatic heterocycles. The lowest BCUT2D eigenvalue weighted by molar-refractivity contribution is -0.135. The summed E-state index contributed by atoms with van der Waals surface area (Å²) in [4.78, 5) is 25.9. The number of hydrogen-bond acceptors (Lipinski definition) is 2. The Morgan fingerprint density at radius 2 is 1.95 bits per heavy atom.